The molecule has 84 valence electrons. The van der Waals surface area contributed by atoms with Crippen LogP contribution in [0, 0.1) is 11.7 Å². The number of anilines is 1. The van der Waals surface area contributed by atoms with Gasteiger partial charge < -0.3 is 10.4 Å². The Bertz CT molecular complexity index is 455. The van der Waals surface area contributed by atoms with E-state index < -0.39 is 17.3 Å². The molecule has 1 saturated carbocycles. The third-order valence-electron chi connectivity index (χ3n) is 2.42. The molecule has 0 heterocycles. The van der Waals surface area contributed by atoms with E-state index in [-0.39, 0.29) is 11.8 Å². The van der Waals surface area contributed by atoms with Crippen LogP contribution in [0.2, 0.25) is 0 Å². The monoisotopic (exact) mass is 223 g/mol. The number of hydrogen-bond acceptors (Lipinski definition) is 2. The van der Waals surface area contributed by atoms with E-state index in [9.17, 15) is 14.0 Å². The predicted octanol–water partition coefficient (Wildman–Crippen LogP) is 1.87. The second kappa shape index (κ2) is 3.92. The van der Waals surface area contributed by atoms with Crippen molar-refractivity contribution in [2.75, 3.05) is 5.32 Å². The number of carbonyl (C=O) groups excluding carboxylic acids is 1. The van der Waals surface area contributed by atoms with Crippen LogP contribution >= 0.6 is 0 Å². The maximum Gasteiger partial charge on any atom is 0.338 e. The first-order valence-electron chi connectivity index (χ1n) is 4.91. The third-order valence-corrected chi connectivity index (χ3v) is 2.42. The summed E-state index contributed by atoms with van der Waals surface area (Å²) in [5.74, 6) is -2.27. The van der Waals surface area contributed by atoms with Crippen molar-refractivity contribution in [3.8, 4) is 0 Å². The summed E-state index contributed by atoms with van der Waals surface area (Å²) in [4.78, 5) is 21.9. The number of amides is 1. The number of carbonyl (C=O) groups is 2. The van der Waals surface area contributed by atoms with Crippen LogP contribution in [0.1, 0.15) is 23.2 Å². The second-order valence-electron chi connectivity index (χ2n) is 3.76. The second-order valence-corrected chi connectivity index (χ2v) is 3.76. The van der Waals surface area contributed by atoms with Gasteiger partial charge in [0.15, 0.2) is 0 Å². The minimum atomic E-state index is -1.32. The molecule has 0 radical (unpaired) electrons. The van der Waals surface area contributed by atoms with Gasteiger partial charge in [-0.1, -0.05) is 0 Å². The van der Waals surface area contributed by atoms with E-state index in [4.69, 9.17) is 5.11 Å². The van der Waals surface area contributed by atoms with E-state index in [2.05, 4.69) is 5.32 Å². The van der Waals surface area contributed by atoms with Gasteiger partial charge in [0, 0.05) is 11.6 Å². The molecule has 0 saturated heterocycles. The van der Waals surface area contributed by atoms with E-state index in [0.717, 1.165) is 25.0 Å². The lowest BCUT2D eigenvalue weighted by Gasteiger charge is -2.05. The number of halogens is 1. The van der Waals surface area contributed by atoms with E-state index in [1.54, 1.807) is 0 Å². The van der Waals surface area contributed by atoms with Gasteiger partial charge in [-0.05, 0) is 31.0 Å². The van der Waals surface area contributed by atoms with Crippen LogP contribution in [-0.2, 0) is 4.79 Å². The SMILES string of the molecule is O=C(O)c1ccc(NC(=O)C2CC2)cc1F. The summed E-state index contributed by atoms with van der Waals surface area (Å²) in [5, 5.41) is 11.1. The molecule has 1 aliphatic rings. The Morgan fingerprint density at radius 3 is 2.56 bits per heavy atom. The van der Waals surface area contributed by atoms with Crippen molar-refractivity contribution in [3.05, 3.63) is 29.6 Å². The Morgan fingerprint density at radius 1 is 1.38 bits per heavy atom. The standard InChI is InChI=1S/C11H10FNO3/c12-9-5-7(3-4-8(9)11(15)16)13-10(14)6-1-2-6/h3-6H,1-2H2,(H,13,14)(H,15,16). The van der Waals surface area contributed by atoms with Crippen molar-refractivity contribution in [3.63, 3.8) is 0 Å². The fraction of sp³-hybridized carbons (Fsp3) is 0.273. The Morgan fingerprint density at radius 2 is 2.06 bits per heavy atom. The lowest BCUT2D eigenvalue weighted by molar-refractivity contribution is -0.117. The minimum absolute atomic E-state index is 0.0298. The Labute approximate surface area is 91.1 Å². The lowest BCUT2D eigenvalue weighted by Crippen LogP contribution is -2.13. The van der Waals surface area contributed by atoms with Crippen molar-refractivity contribution >= 4 is 17.6 Å². The van der Waals surface area contributed by atoms with Gasteiger partial charge in [-0.25, -0.2) is 9.18 Å². The number of carboxylic acids is 1. The van der Waals surface area contributed by atoms with Gasteiger partial charge in [-0.15, -0.1) is 0 Å². The van der Waals surface area contributed by atoms with E-state index >= 15 is 0 Å². The van der Waals surface area contributed by atoms with Crippen molar-refractivity contribution in [1.29, 1.82) is 0 Å². The molecule has 5 heteroatoms. The van der Waals surface area contributed by atoms with E-state index in [0.29, 0.717) is 5.69 Å². The minimum Gasteiger partial charge on any atom is -0.478 e. The number of nitrogens with one attached hydrogen (secondary N) is 1. The summed E-state index contributed by atoms with van der Waals surface area (Å²) in [6.45, 7) is 0. The van der Waals surface area contributed by atoms with Crippen LogP contribution in [0.5, 0.6) is 0 Å². The average Bonchev–Trinajstić information content (AvgIpc) is 2.99. The summed E-state index contributed by atoms with van der Waals surface area (Å²) < 4.78 is 13.2. The van der Waals surface area contributed by atoms with Gasteiger partial charge in [0.1, 0.15) is 5.82 Å². The molecule has 0 bridgehead atoms. The molecule has 0 aromatic heterocycles. The summed E-state index contributed by atoms with van der Waals surface area (Å²) in [5.41, 5.74) is -0.108. The maximum atomic E-state index is 13.2. The van der Waals surface area contributed by atoms with Crippen molar-refractivity contribution in [1.82, 2.24) is 0 Å². The first-order valence-corrected chi connectivity index (χ1v) is 4.91. The zero-order valence-electron chi connectivity index (χ0n) is 8.37. The molecule has 1 aliphatic carbocycles. The van der Waals surface area contributed by atoms with Crippen LogP contribution in [0.15, 0.2) is 18.2 Å². The summed E-state index contributed by atoms with van der Waals surface area (Å²) >= 11 is 0. The van der Waals surface area contributed by atoms with Crippen LogP contribution in [0.3, 0.4) is 0 Å². The molecule has 1 amide bonds. The van der Waals surface area contributed by atoms with Crippen LogP contribution in [0.25, 0.3) is 0 Å². The highest BCUT2D eigenvalue weighted by Gasteiger charge is 2.29. The maximum absolute atomic E-state index is 13.2. The quantitative estimate of drug-likeness (QED) is 0.822. The molecular weight excluding hydrogens is 213 g/mol. The molecule has 0 aliphatic heterocycles. The molecule has 1 fully saturated rings. The molecule has 2 rings (SSSR count). The average molecular weight is 223 g/mol. The molecule has 0 atom stereocenters. The van der Waals surface area contributed by atoms with E-state index in [1.807, 2.05) is 0 Å². The van der Waals surface area contributed by atoms with Crippen LogP contribution < -0.4 is 5.32 Å². The van der Waals surface area contributed by atoms with Gasteiger partial charge in [-0.2, -0.15) is 0 Å². The van der Waals surface area contributed by atoms with Crippen molar-refractivity contribution in [2.45, 2.75) is 12.8 Å². The molecular formula is C11H10FNO3. The van der Waals surface area contributed by atoms with Gasteiger partial charge in [0.2, 0.25) is 5.91 Å². The number of carboxylic acid groups (broad SMARTS) is 1. The number of hydrogen-bond donors (Lipinski definition) is 2. The normalized spacial score (nSPS) is 14.6. The first-order chi connectivity index (χ1) is 7.58. The fourth-order valence-electron chi connectivity index (χ4n) is 1.36. The largest absolute Gasteiger partial charge is 0.478 e. The molecule has 16 heavy (non-hydrogen) atoms. The molecule has 0 unspecified atom stereocenters. The summed E-state index contributed by atoms with van der Waals surface area (Å²) in [6.07, 6.45) is 1.73. The molecule has 1 aromatic carbocycles. The van der Waals surface area contributed by atoms with Crippen LogP contribution in [-0.4, -0.2) is 17.0 Å². The van der Waals surface area contributed by atoms with Gasteiger partial charge >= 0.3 is 5.97 Å². The molecule has 1 aromatic rings. The number of aromatic carboxylic acids is 1. The number of rotatable bonds is 3. The molecule has 2 N–H and O–H groups in total. The highest BCUT2D eigenvalue weighted by molar-refractivity contribution is 5.95. The zero-order chi connectivity index (χ0) is 11.7. The predicted molar refractivity (Wildman–Crippen MR) is 54.7 cm³/mol. The Hall–Kier alpha value is -1.91. The molecule has 0 spiro atoms. The summed E-state index contributed by atoms with van der Waals surface area (Å²) in [6, 6.07) is 3.54. The van der Waals surface area contributed by atoms with Crippen molar-refractivity contribution < 1.29 is 19.1 Å². The lowest BCUT2D eigenvalue weighted by atomic mass is 10.2. The van der Waals surface area contributed by atoms with Crippen molar-refractivity contribution in [2.24, 2.45) is 5.92 Å². The van der Waals surface area contributed by atoms with Gasteiger partial charge in [-0.3, -0.25) is 4.79 Å². The Kier molecular flexibility index (Phi) is 2.60. The fourth-order valence-corrected chi connectivity index (χ4v) is 1.36. The van der Waals surface area contributed by atoms with Gasteiger partial charge in [0.25, 0.3) is 0 Å². The third kappa shape index (κ3) is 2.18. The van der Waals surface area contributed by atoms with E-state index in [1.165, 1.54) is 6.07 Å². The first kappa shape index (κ1) is 10.6. The Balaban J connectivity index is 2.14. The highest BCUT2D eigenvalue weighted by atomic mass is 19.1. The smallest absolute Gasteiger partial charge is 0.338 e. The van der Waals surface area contributed by atoms with Crippen LogP contribution in [0.4, 0.5) is 10.1 Å². The van der Waals surface area contributed by atoms with Gasteiger partial charge in [0.05, 0.1) is 5.56 Å². The zero-order valence-corrected chi connectivity index (χ0v) is 8.37. The highest BCUT2D eigenvalue weighted by Crippen LogP contribution is 2.30. The molecule has 4 nitrogen and oxygen atoms in total. The topological polar surface area (TPSA) is 66.4 Å². The number of benzene rings is 1. The summed E-state index contributed by atoms with van der Waals surface area (Å²) in [7, 11) is 0.